The van der Waals surface area contributed by atoms with Gasteiger partial charge in [0.15, 0.2) is 0 Å². The van der Waals surface area contributed by atoms with Crippen LogP contribution in [0.2, 0.25) is 0 Å². The lowest BCUT2D eigenvalue weighted by Gasteiger charge is -2.78. The Bertz CT molecular complexity index is 2460. The number of benzene rings is 4. The predicted molar refractivity (Wildman–Crippen MR) is 297 cm³/mol. The molecule has 8 aliphatic rings. The van der Waals surface area contributed by atoms with Crippen LogP contribution in [-0.4, -0.2) is 0 Å². The van der Waals surface area contributed by atoms with Crippen molar-refractivity contribution in [1.29, 1.82) is 0 Å². The number of allylic oxidation sites excluding steroid dienone is 8. The first-order valence-electron chi connectivity index (χ1n) is 26.6. The van der Waals surface area contributed by atoms with E-state index >= 15 is 0 Å². The highest BCUT2D eigenvalue weighted by Gasteiger charge is 2.76. The normalized spacial score (nSPS) is 33.1. The summed E-state index contributed by atoms with van der Waals surface area (Å²) < 4.78 is 0. The van der Waals surface area contributed by atoms with Gasteiger partial charge in [-0.25, -0.2) is 0 Å². The summed E-state index contributed by atoms with van der Waals surface area (Å²) in [5.74, 6) is 1.56. The second-order valence-corrected chi connectivity index (χ2v) is 23.3. The van der Waals surface area contributed by atoms with E-state index in [0.29, 0.717) is 0 Å². The van der Waals surface area contributed by atoms with Gasteiger partial charge in [-0.15, -0.1) is 0 Å². The van der Waals surface area contributed by atoms with Crippen molar-refractivity contribution in [2.75, 3.05) is 0 Å². The van der Waals surface area contributed by atoms with Crippen LogP contribution < -0.4 is 0 Å². The summed E-state index contributed by atoms with van der Waals surface area (Å²) in [5.41, 5.74) is 17.8. The van der Waals surface area contributed by atoms with Crippen molar-refractivity contribution in [3.63, 3.8) is 0 Å². The second-order valence-electron chi connectivity index (χ2n) is 23.3. The number of rotatable bonds is 13. The molecule has 68 heavy (non-hydrogen) atoms. The number of hydrogen-bond donors (Lipinski definition) is 0. The first kappa shape index (κ1) is 46.5. The smallest absolute Gasteiger partial charge is 0.00241 e. The van der Waals surface area contributed by atoms with Crippen molar-refractivity contribution in [1.82, 2.24) is 0 Å². The van der Waals surface area contributed by atoms with E-state index in [-0.39, 0.29) is 32.5 Å². The van der Waals surface area contributed by atoms with E-state index in [1.54, 1.807) is 22.3 Å². The minimum atomic E-state index is -0.00118. The van der Waals surface area contributed by atoms with Crippen LogP contribution in [0.1, 0.15) is 199 Å². The van der Waals surface area contributed by atoms with Crippen molar-refractivity contribution < 1.29 is 0 Å². The van der Waals surface area contributed by atoms with E-state index in [1.807, 2.05) is 0 Å². The molecule has 0 aliphatic heterocycles. The molecule has 4 aromatic rings. The molecule has 0 N–H and O–H groups in total. The van der Waals surface area contributed by atoms with Gasteiger partial charge in [0.05, 0.1) is 0 Å². The molecule has 0 radical (unpaired) electrons. The van der Waals surface area contributed by atoms with Gasteiger partial charge in [0, 0.05) is 0 Å². The van der Waals surface area contributed by atoms with Crippen LogP contribution in [0.4, 0.5) is 0 Å². The zero-order chi connectivity index (χ0) is 47.4. The fourth-order valence-corrected chi connectivity index (χ4v) is 17.6. The van der Waals surface area contributed by atoms with E-state index < -0.39 is 0 Å². The molecule has 0 nitrogen and oxygen atoms in total. The van der Waals surface area contributed by atoms with E-state index in [2.05, 4.69) is 225 Å². The molecule has 8 fully saturated rings. The van der Waals surface area contributed by atoms with Crippen molar-refractivity contribution >= 4 is 48.6 Å². The van der Waals surface area contributed by atoms with Gasteiger partial charge in [-0.05, 0) is 268 Å². The topological polar surface area (TPSA) is 0 Å². The van der Waals surface area contributed by atoms with E-state index in [0.717, 1.165) is 11.8 Å². The summed E-state index contributed by atoms with van der Waals surface area (Å²) in [6, 6.07) is 30.8. The Morgan fingerprint density at radius 3 is 0.765 bits per heavy atom. The van der Waals surface area contributed by atoms with E-state index in [1.165, 1.54) is 122 Å². The minimum absolute atomic E-state index is 0.00118. The maximum atomic E-state index is 2.65. The van der Waals surface area contributed by atoms with Gasteiger partial charge >= 0.3 is 0 Å². The van der Waals surface area contributed by atoms with Gasteiger partial charge in [-0.1, -0.05) is 146 Å². The molecule has 0 heteroatoms. The van der Waals surface area contributed by atoms with Crippen molar-refractivity contribution in [3.05, 3.63) is 188 Å². The number of hydrogen-bond acceptors (Lipinski definition) is 0. The molecule has 0 heterocycles. The molecule has 8 saturated carbocycles. The summed E-state index contributed by atoms with van der Waals surface area (Å²) >= 11 is 0. The van der Waals surface area contributed by atoms with Crippen LogP contribution in [0, 0.1) is 22.7 Å². The van der Waals surface area contributed by atoms with Gasteiger partial charge < -0.3 is 0 Å². The minimum Gasteiger partial charge on any atom is -0.0871 e. The van der Waals surface area contributed by atoms with Crippen LogP contribution in [0.5, 0.6) is 0 Å². The predicted octanol–water partition coefficient (Wildman–Crippen LogP) is 19.0. The fraction of sp³-hybridized carbons (Fsp3) is 0.412. The molecule has 2 unspecified atom stereocenters. The standard InChI is InChI=1S/C68H78/c1-9-17-49-25-50(18-10-2)31-59(30-49)63-38-57-29-58(39-63)41-67(40-57,45-63)68-46-64(60-32-51(19-11-3)26-52(33-60)20-12-4)42-65(47-68,61-34-53(21-13-5)27-54(35-61)22-14-6)44-66(43-64,48-68)62-36-55(23-15-7)28-56(37-62)24-16-8/h9-28,30-37,57-58H,29,38-48H2,1-8H3. The monoisotopic (exact) mass is 895 g/mol. The molecule has 12 rings (SSSR count). The molecular weight excluding hydrogens is 817 g/mol. The lowest BCUT2D eigenvalue weighted by molar-refractivity contribution is -0.225. The SMILES string of the molecule is CC=Cc1cc(C=CC)cc(C23CC4CC(C2)CC(C25CC6(c7cc(C=CC)cc(C=CC)c7)CC(c7cc(C=CC)cc(C=CC)c7)(CC(c7cc(C=CC)cc(C=CC)c7)(C6)C2)C5)(C4)C3)c1. The summed E-state index contributed by atoms with van der Waals surface area (Å²) in [7, 11) is 0. The highest BCUT2D eigenvalue weighted by Crippen LogP contribution is 2.83. The summed E-state index contributed by atoms with van der Waals surface area (Å²) in [6.45, 7) is 17.5. The molecule has 4 aromatic carbocycles. The molecule has 350 valence electrons. The third-order valence-corrected chi connectivity index (χ3v) is 18.5. The Kier molecular flexibility index (Phi) is 12.3. The molecule has 2 atom stereocenters. The van der Waals surface area contributed by atoms with E-state index in [9.17, 15) is 0 Å². The highest BCUT2D eigenvalue weighted by molar-refractivity contribution is 5.66. The lowest BCUT2D eigenvalue weighted by atomic mass is 9.26. The molecule has 8 aliphatic carbocycles. The molecule has 0 amide bonds. The second kappa shape index (κ2) is 18.0. The molecular formula is C68H78. The summed E-state index contributed by atoms with van der Waals surface area (Å²) in [6.07, 6.45) is 52.6. The maximum absolute atomic E-state index is 2.65. The average molecular weight is 895 g/mol. The van der Waals surface area contributed by atoms with Gasteiger partial charge in [0.25, 0.3) is 0 Å². The van der Waals surface area contributed by atoms with E-state index in [4.69, 9.17) is 0 Å². The van der Waals surface area contributed by atoms with Crippen molar-refractivity contribution in [2.24, 2.45) is 22.7 Å². The maximum Gasteiger partial charge on any atom is -0.00241 e. The average Bonchev–Trinajstić information content (AvgIpc) is 3.29. The van der Waals surface area contributed by atoms with Crippen LogP contribution >= 0.6 is 0 Å². The van der Waals surface area contributed by atoms with Gasteiger partial charge in [-0.3, -0.25) is 0 Å². The summed E-state index contributed by atoms with van der Waals surface area (Å²) in [4.78, 5) is 0. The Morgan fingerprint density at radius 2 is 0.515 bits per heavy atom. The summed E-state index contributed by atoms with van der Waals surface area (Å²) in [5, 5.41) is 0. The molecule has 0 saturated heterocycles. The Balaban J connectivity index is 1.28. The molecule has 0 aromatic heterocycles. The fourth-order valence-electron chi connectivity index (χ4n) is 17.6. The first-order valence-corrected chi connectivity index (χ1v) is 26.6. The highest BCUT2D eigenvalue weighted by atomic mass is 14.8. The van der Waals surface area contributed by atoms with Gasteiger partial charge in [0.1, 0.15) is 0 Å². The molecule has 0 spiro atoms. The van der Waals surface area contributed by atoms with Crippen LogP contribution in [0.25, 0.3) is 48.6 Å². The third-order valence-electron chi connectivity index (χ3n) is 18.5. The van der Waals surface area contributed by atoms with Crippen molar-refractivity contribution in [2.45, 2.75) is 154 Å². The Hall–Kier alpha value is -5.20. The van der Waals surface area contributed by atoms with Gasteiger partial charge in [-0.2, -0.15) is 0 Å². The zero-order valence-electron chi connectivity index (χ0n) is 42.8. The van der Waals surface area contributed by atoms with Crippen molar-refractivity contribution in [3.8, 4) is 0 Å². The van der Waals surface area contributed by atoms with Crippen LogP contribution in [-0.2, 0) is 21.7 Å². The quantitative estimate of drug-likeness (QED) is 0.125. The van der Waals surface area contributed by atoms with Crippen LogP contribution in [0.15, 0.2) is 121 Å². The first-order chi connectivity index (χ1) is 32.9. The largest absolute Gasteiger partial charge is 0.0871 e. The Labute approximate surface area is 411 Å². The zero-order valence-corrected chi connectivity index (χ0v) is 42.8. The van der Waals surface area contributed by atoms with Gasteiger partial charge in [0.2, 0.25) is 0 Å². The molecule has 8 bridgehead atoms. The third kappa shape index (κ3) is 7.91. The lowest BCUT2D eigenvalue weighted by Crippen LogP contribution is -2.72. The Morgan fingerprint density at radius 1 is 0.279 bits per heavy atom. The van der Waals surface area contributed by atoms with Crippen LogP contribution in [0.3, 0.4) is 0 Å².